The first-order valence-corrected chi connectivity index (χ1v) is 27.2. The minimum absolute atomic E-state index is 0.00849. The molecule has 0 bridgehead atoms. The molecule has 1 aliphatic rings. The molecule has 0 aromatic carbocycles. The maximum atomic E-state index is 12.4. The first-order chi connectivity index (χ1) is 29.9. The number of hydrogen-bond acceptors (Lipinski definition) is 7. The number of piperazine rings is 1. The van der Waals surface area contributed by atoms with Gasteiger partial charge >= 0.3 is 11.9 Å². The average Bonchev–Trinajstić information content (AvgIpc) is 3.25. The van der Waals surface area contributed by atoms with Gasteiger partial charge in [-0.1, -0.05) is 195 Å². The molecule has 61 heavy (non-hydrogen) atoms. The van der Waals surface area contributed by atoms with Gasteiger partial charge in [-0.2, -0.15) is 0 Å². The van der Waals surface area contributed by atoms with Crippen LogP contribution in [0.15, 0.2) is 0 Å². The van der Waals surface area contributed by atoms with Gasteiger partial charge in [0.2, 0.25) is 0 Å². The molecule has 0 aromatic heterocycles. The second-order valence-corrected chi connectivity index (χ2v) is 19.4. The largest absolute Gasteiger partial charge is 0.466 e. The van der Waals surface area contributed by atoms with Crippen LogP contribution in [0.3, 0.4) is 0 Å². The summed E-state index contributed by atoms with van der Waals surface area (Å²) in [6.07, 6.45) is 43.2. The SMILES string of the molecule is CCCCCC(CCCCC)CCOC(=O)CCCCCCCCC(CCCCCCCCC(=O)OCCC(CCCCC)CCCCC)OCCCCN1CCN(C)CC1. The van der Waals surface area contributed by atoms with Crippen molar-refractivity contribution in [1.82, 2.24) is 9.80 Å². The summed E-state index contributed by atoms with van der Waals surface area (Å²) in [7, 11) is 2.23. The number of rotatable bonds is 46. The zero-order valence-corrected chi connectivity index (χ0v) is 41.8. The minimum Gasteiger partial charge on any atom is -0.466 e. The van der Waals surface area contributed by atoms with Crippen LogP contribution >= 0.6 is 0 Å². The van der Waals surface area contributed by atoms with Crippen molar-refractivity contribution in [2.24, 2.45) is 11.8 Å². The Hall–Kier alpha value is -1.18. The standard InChI is InChI=1S/C54H106N2O5/c1-6-10-22-32-50(33-23-11-7-2)40-48-60-53(57)38-28-20-16-14-18-26-36-52(59-47-31-30-42-56-45-43-55(5)44-46-56)37-27-19-15-17-21-29-39-54(58)61-49-41-51(34-24-12-8-3)35-25-13-9-4/h50-52H,6-49H2,1-5H3. The summed E-state index contributed by atoms with van der Waals surface area (Å²) in [6.45, 7) is 17.2. The monoisotopic (exact) mass is 863 g/mol. The molecule has 1 heterocycles. The Labute approximate surface area is 380 Å². The predicted octanol–water partition coefficient (Wildman–Crippen LogP) is 15.1. The third-order valence-corrected chi connectivity index (χ3v) is 13.6. The molecule has 0 atom stereocenters. The van der Waals surface area contributed by atoms with Gasteiger partial charge in [-0.3, -0.25) is 9.59 Å². The molecule has 362 valence electrons. The molecule has 0 aliphatic carbocycles. The van der Waals surface area contributed by atoms with Gasteiger partial charge in [0.15, 0.2) is 0 Å². The van der Waals surface area contributed by atoms with Gasteiger partial charge in [-0.15, -0.1) is 0 Å². The predicted molar refractivity (Wildman–Crippen MR) is 261 cm³/mol. The molecule has 1 fully saturated rings. The highest BCUT2D eigenvalue weighted by Gasteiger charge is 2.15. The van der Waals surface area contributed by atoms with Gasteiger partial charge in [0.05, 0.1) is 19.3 Å². The van der Waals surface area contributed by atoms with Gasteiger partial charge in [-0.05, 0) is 76.8 Å². The van der Waals surface area contributed by atoms with Crippen LogP contribution in [-0.4, -0.2) is 87.4 Å². The normalized spacial score (nSPS) is 13.9. The van der Waals surface area contributed by atoms with Crippen LogP contribution < -0.4 is 0 Å². The van der Waals surface area contributed by atoms with Gasteiger partial charge in [0, 0.05) is 45.6 Å². The van der Waals surface area contributed by atoms with E-state index in [4.69, 9.17) is 14.2 Å². The summed E-state index contributed by atoms with van der Waals surface area (Å²) in [5.74, 6) is 1.45. The maximum absolute atomic E-state index is 12.4. The lowest BCUT2D eigenvalue weighted by Crippen LogP contribution is -2.44. The molecule has 1 saturated heterocycles. The third-order valence-electron chi connectivity index (χ3n) is 13.6. The van der Waals surface area contributed by atoms with Crippen molar-refractivity contribution in [3.05, 3.63) is 0 Å². The van der Waals surface area contributed by atoms with Crippen LogP contribution in [0.25, 0.3) is 0 Å². The summed E-state index contributed by atoms with van der Waals surface area (Å²) in [4.78, 5) is 29.9. The molecule has 0 aromatic rings. The van der Waals surface area contributed by atoms with Crippen LogP contribution in [0, 0.1) is 11.8 Å². The summed E-state index contributed by atoms with van der Waals surface area (Å²) >= 11 is 0. The van der Waals surface area contributed by atoms with Crippen molar-refractivity contribution in [1.29, 1.82) is 0 Å². The van der Waals surface area contributed by atoms with Crippen molar-refractivity contribution in [3.8, 4) is 0 Å². The molecule has 7 heteroatoms. The molecule has 0 saturated carbocycles. The highest BCUT2D eigenvalue weighted by atomic mass is 16.5. The number of ether oxygens (including phenoxy) is 3. The minimum atomic E-state index is 0.00849. The molecule has 1 rings (SSSR count). The Morgan fingerprint density at radius 1 is 0.410 bits per heavy atom. The second kappa shape index (κ2) is 44.0. The summed E-state index contributed by atoms with van der Waals surface area (Å²) in [5, 5.41) is 0. The number of nitrogens with zero attached hydrogens (tertiary/aromatic N) is 2. The molecule has 0 amide bonds. The smallest absolute Gasteiger partial charge is 0.305 e. The van der Waals surface area contributed by atoms with Crippen LogP contribution in [0.1, 0.15) is 259 Å². The van der Waals surface area contributed by atoms with Crippen LogP contribution in [0.5, 0.6) is 0 Å². The van der Waals surface area contributed by atoms with E-state index in [9.17, 15) is 9.59 Å². The van der Waals surface area contributed by atoms with E-state index >= 15 is 0 Å². The van der Waals surface area contributed by atoms with Gasteiger partial charge in [0.25, 0.3) is 0 Å². The topological polar surface area (TPSA) is 68.3 Å². The van der Waals surface area contributed by atoms with Crippen molar-refractivity contribution in [2.75, 3.05) is 59.6 Å². The van der Waals surface area contributed by atoms with Crippen LogP contribution in [-0.2, 0) is 23.8 Å². The quantitative estimate of drug-likeness (QED) is 0.0446. The zero-order valence-electron chi connectivity index (χ0n) is 41.8. The lowest BCUT2D eigenvalue weighted by atomic mass is 9.92. The molecule has 0 N–H and O–H groups in total. The second-order valence-electron chi connectivity index (χ2n) is 19.4. The van der Waals surface area contributed by atoms with Crippen molar-refractivity contribution < 1.29 is 23.8 Å². The number of likely N-dealkylation sites (N-methyl/N-ethyl adjacent to an activating group) is 1. The molecular weight excluding hydrogens is 757 g/mol. The number of unbranched alkanes of at least 4 members (excludes halogenated alkanes) is 19. The first kappa shape index (κ1) is 57.8. The fourth-order valence-corrected chi connectivity index (χ4v) is 9.19. The molecule has 0 spiro atoms. The van der Waals surface area contributed by atoms with E-state index in [1.165, 1.54) is 206 Å². The van der Waals surface area contributed by atoms with Crippen LogP contribution in [0.4, 0.5) is 0 Å². The highest BCUT2D eigenvalue weighted by molar-refractivity contribution is 5.69. The number of carbonyl (C=O) groups is 2. The van der Waals surface area contributed by atoms with Gasteiger partial charge < -0.3 is 24.0 Å². The molecule has 7 nitrogen and oxygen atoms in total. The molecule has 1 aliphatic heterocycles. The van der Waals surface area contributed by atoms with Crippen molar-refractivity contribution in [2.45, 2.75) is 265 Å². The van der Waals surface area contributed by atoms with E-state index in [1.807, 2.05) is 0 Å². The van der Waals surface area contributed by atoms with E-state index < -0.39 is 0 Å². The van der Waals surface area contributed by atoms with E-state index in [2.05, 4.69) is 44.5 Å². The fourth-order valence-electron chi connectivity index (χ4n) is 9.19. The average molecular weight is 863 g/mol. The Balaban J connectivity index is 2.26. The fraction of sp³-hybridized carbons (Fsp3) is 0.963. The van der Waals surface area contributed by atoms with E-state index in [1.54, 1.807) is 0 Å². The van der Waals surface area contributed by atoms with Gasteiger partial charge in [-0.25, -0.2) is 0 Å². The number of hydrogen-bond donors (Lipinski definition) is 0. The summed E-state index contributed by atoms with van der Waals surface area (Å²) in [6, 6.07) is 0. The van der Waals surface area contributed by atoms with E-state index in [-0.39, 0.29) is 11.9 Å². The summed E-state index contributed by atoms with van der Waals surface area (Å²) < 4.78 is 17.9. The summed E-state index contributed by atoms with van der Waals surface area (Å²) in [5.41, 5.74) is 0. The van der Waals surface area contributed by atoms with Crippen molar-refractivity contribution >= 4 is 11.9 Å². The van der Waals surface area contributed by atoms with Crippen LogP contribution in [0.2, 0.25) is 0 Å². The van der Waals surface area contributed by atoms with E-state index in [0.717, 1.165) is 63.4 Å². The Kier molecular flexibility index (Phi) is 41.8. The number of carbonyl (C=O) groups excluding carboxylic acids is 2. The Morgan fingerprint density at radius 2 is 0.787 bits per heavy atom. The number of esters is 2. The van der Waals surface area contributed by atoms with Crippen molar-refractivity contribution in [3.63, 3.8) is 0 Å². The Morgan fingerprint density at radius 3 is 1.20 bits per heavy atom. The molecule has 0 unspecified atom stereocenters. The highest BCUT2D eigenvalue weighted by Crippen LogP contribution is 2.23. The van der Waals surface area contributed by atoms with E-state index in [0.29, 0.717) is 32.2 Å². The zero-order chi connectivity index (χ0) is 44.3. The Bertz CT molecular complexity index is 862. The first-order valence-electron chi connectivity index (χ1n) is 27.2. The lowest BCUT2D eigenvalue weighted by Gasteiger charge is -2.32. The molecular formula is C54H106N2O5. The third kappa shape index (κ3) is 37.9. The lowest BCUT2D eigenvalue weighted by molar-refractivity contribution is -0.145. The maximum Gasteiger partial charge on any atom is 0.305 e. The molecule has 0 radical (unpaired) electrons. The van der Waals surface area contributed by atoms with Gasteiger partial charge in [0.1, 0.15) is 0 Å².